The van der Waals surface area contributed by atoms with E-state index in [1.54, 1.807) is 0 Å². The fourth-order valence-electron chi connectivity index (χ4n) is 2.16. The first-order valence-corrected chi connectivity index (χ1v) is 7.39. The lowest BCUT2D eigenvalue weighted by atomic mass is 10.2. The van der Waals surface area contributed by atoms with Gasteiger partial charge in [-0.2, -0.15) is 0 Å². The van der Waals surface area contributed by atoms with E-state index in [1.165, 1.54) is 10.5 Å². The van der Waals surface area contributed by atoms with Gasteiger partial charge in [-0.05, 0) is 18.6 Å². The number of aryl methyl sites for hydroxylation is 1. The van der Waals surface area contributed by atoms with E-state index < -0.39 is 0 Å². The monoisotopic (exact) mass is 265 g/mol. The number of piperazine rings is 1. The van der Waals surface area contributed by atoms with Crippen molar-refractivity contribution in [2.75, 3.05) is 31.1 Å². The molecule has 4 heteroatoms. The highest BCUT2D eigenvalue weighted by Gasteiger charge is 2.16. The molecule has 1 aliphatic heterocycles. The number of aromatic nitrogens is 1. The molecule has 1 N–H and O–H groups in total. The van der Waals surface area contributed by atoms with Crippen LogP contribution in [0.1, 0.15) is 26.3 Å². The Labute approximate surface area is 114 Å². The van der Waals surface area contributed by atoms with Crippen molar-refractivity contribution >= 4 is 17.6 Å². The van der Waals surface area contributed by atoms with Crippen molar-refractivity contribution in [3.63, 3.8) is 0 Å². The second kappa shape index (κ2) is 5.49. The van der Waals surface area contributed by atoms with E-state index in [4.69, 9.17) is 0 Å². The van der Waals surface area contributed by atoms with Crippen molar-refractivity contribution in [1.82, 2.24) is 10.3 Å². The summed E-state index contributed by atoms with van der Waals surface area (Å²) in [6, 6.07) is 2.26. The van der Waals surface area contributed by atoms with Crippen LogP contribution in [0.2, 0.25) is 0 Å². The largest absolute Gasteiger partial charge is 0.354 e. The Hall–Kier alpha value is -0.740. The summed E-state index contributed by atoms with van der Waals surface area (Å²) < 4.78 is 0.241. The Kier molecular flexibility index (Phi) is 4.17. The smallest absolute Gasteiger partial charge is 0.131 e. The third-order valence-corrected chi connectivity index (χ3v) is 3.94. The van der Waals surface area contributed by atoms with Crippen LogP contribution in [0, 0.1) is 6.92 Å². The minimum absolute atomic E-state index is 0.241. The topological polar surface area (TPSA) is 28.2 Å². The zero-order chi connectivity index (χ0) is 13.2. The molecule has 0 saturated carbocycles. The summed E-state index contributed by atoms with van der Waals surface area (Å²) >= 11 is 1.88. The molecule has 1 aliphatic rings. The van der Waals surface area contributed by atoms with Gasteiger partial charge in [0.05, 0.1) is 0 Å². The third kappa shape index (κ3) is 3.62. The molecule has 0 aromatic carbocycles. The van der Waals surface area contributed by atoms with Crippen molar-refractivity contribution in [2.24, 2.45) is 0 Å². The predicted molar refractivity (Wildman–Crippen MR) is 79.7 cm³/mol. The second-order valence-electron chi connectivity index (χ2n) is 5.76. The van der Waals surface area contributed by atoms with Gasteiger partial charge in [-0.15, -0.1) is 11.8 Å². The van der Waals surface area contributed by atoms with E-state index in [9.17, 15) is 0 Å². The molecule has 1 aromatic heterocycles. The molecule has 2 heterocycles. The minimum atomic E-state index is 0.241. The molecule has 1 fully saturated rings. The fraction of sp³-hybridized carbons (Fsp3) is 0.643. The summed E-state index contributed by atoms with van der Waals surface area (Å²) in [5.74, 6) is 1.15. The van der Waals surface area contributed by atoms with Crippen molar-refractivity contribution in [3.05, 3.63) is 17.8 Å². The SMILES string of the molecule is Cc1cc(SC(C)(C)C)cnc1N1CCNCC1. The molecular weight excluding hydrogens is 242 g/mol. The lowest BCUT2D eigenvalue weighted by Gasteiger charge is -2.30. The Balaban J connectivity index is 2.14. The summed E-state index contributed by atoms with van der Waals surface area (Å²) in [5.41, 5.74) is 1.28. The Morgan fingerprint density at radius 3 is 2.50 bits per heavy atom. The first-order valence-electron chi connectivity index (χ1n) is 6.57. The summed E-state index contributed by atoms with van der Waals surface area (Å²) in [4.78, 5) is 8.30. The van der Waals surface area contributed by atoms with Crippen molar-refractivity contribution < 1.29 is 0 Å². The third-order valence-electron chi connectivity index (χ3n) is 2.87. The molecule has 0 spiro atoms. The van der Waals surface area contributed by atoms with Crippen LogP contribution in [0.5, 0.6) is 0 Å². The molecular formula is C14H23N3S. The van der Waals surface area contributed by atoms with Crippen LogP contribution < -0.4 is 10.2 Å². The number of hydrogen-bond acceptors (Lipinski definition) is 4. The first kappa shape index (κ1) is 13.7. The fourth-order valence-corrected chi connectivity index (χ4v) is 3.21. The molecule has 0 bridgehead atoms. The summed E-state index contributed by atoms with van der Waals surface area (Å²) in [6.45, 7) is 13.1. The van der Waals surface area contributed by atoms with Gasteiger partial charge in [-0.3, -0.25) is 0 Å². The highest BCUT2D eigenvalue weighted by atomic mass is 32.2. The molecule has 0 amide bonds. The van der Waals surface area contributed by atoms with Gasteiger partial charge in [0.25, 0.3) is 0 Å². The number of anilines is 1. The van der Waals surface area contributed by atoms with E-state index in [-0.39, 0.29) is 4.75 Å². The van der Waals surface area contributed by atoms with Gasteiger partial charge in [0.15, 0.2) is 0 Å². The Morgan fingerprint density at radius 2 is 1.94 bits per heavy atom. The summed E-state index contributed by atoms with van der Waals surface area (Å²) in [5, 5.41) is 3.37. The molecule has 3 nitrogen and oxygen atoms in total. The number of hydrogen-bond donors (Lipinski definition) is 1. The number of rotatable bonds is 2. The van der Waals surface area contributed by atoms with E-state index in [1.807, 2.05) is 18.0 Å². The zero-order valence-electron chi connectivity index (χ0n) is 11.8. The van der Waals surface area contributed by atoms with Gasteiger partial charge in [0.2, 0.25) is 0 Å². The highest BCUT2D eigenvalue weighted by molar-refractivity contribution is 8.00. The molecule has 18 heavy (non-hydrogen) atoms. The molecule has 0 atom stereocenters. The van der Waals surface area contributed by atoms with Gasteiger partial charge < -0.3 is 10.2 Å². The number of nitrogens with one attached hydrogen (secondary N) is 1. The van der Waals surface area contributed by atoms with Gasteiger partial charge in [-0.1, -0.05) is 20.8 Å². The van der Waals surface area contributed by atoms with Crippen LogP contribution in [0.4, 0.5) is 5.82 Å². The van der Waals surface area contributed by atoms with E-state index >= 15 is 0 Å². The summed E-state index contributed by atoms with van der Waals surface area (Å²) in [7, 11) is 0. The predicted octanol–water partition coefficient (Wildman–Crippen LogP) is 2.69. The van der Waals surface area contributed by atoms with Crippen LogP contribution in [-0.2, 0) is 0 Å². The highest BCUT2D eigenvalue weighted by Crippen LogP contribution is 2.33. The molecule has 100 valence electrons. The Morgan fingerprint density at radius 1 is 1.28 bits per heavy atom. The standard InChI is InChI=1S/C14H23N3S/c1-11-9-12(18-14(2,3)4)10-16-13(11)17-7-5-15-6-8-17/h9-10,15H,5-8H2,1-4H3. The van der Waals surface area contributed by atoms with Gasteiger partial charge in [0.1, 0.15) is 5.82 Å². The van der Waals surface area contributed by atoms with Crippen molar-refractivity contribution in [3.8, 4) is 0 Å². The molecule has 1 aromatic rings. The Bertz CT molecular complexity index is 406. The van der Waals surface area contributed by atoms with Crippen LogP contribution in [0.25, 0.3) is 0 Å². The van der Waals surface area contributed by atoms with E-state index in [0.717, 1.165) is 32.0 Å². The number of thioether (sulfide) groups is 1. The van der Waals surface area contributed by atoms with Gasteiger partial charge >= 0.3 is 0 Å². The lowest BCUT2D eigenvalue weighted by molar-refractivity contribution is 0.583. The van der Waals surface area contributed by atoms with E-state index in [0.29, 0.717) is 0 Å². The molecule has 1 saturated heterocycles. The van der Waals surface area contributed by atoms with Gasteiger partial charge in [-0.25, -0.2) is 4.98 Å². The average molecular weight is 265 g/mol. The maximum Gasteiger partial charge on any atom is 0.131 e. The van der Waals surface area contributed by atoms with Crippen LogP contribution in [-0.4, -0.2) is 35.9 Å². The second-order valence-corrected chi connectivity index (χ2v) is 7.66. The maximum atomic E-state index is 4.66. The van der Waals surface area contributed by atoms with Crippen LogP contribution in [0.3, 0.4) is 0 Å². The normalized spacial score (nSPS) is 17.0. The molecule has 2 rings (SSSR count). The lowest BCUT2D eigenvalue weighted by Crippen LogP contribution is -2.44. The van der Waals surface area contributed by atoms with E-state index in [2.05, 4.69) is 49.0 Å². The van der Waals surface area contributed by atoms with Crippen molar-refractivity contribution in [1.29, 1.82) is 0 Å². The van der Waals surface area contributed by atoms with Crippen molar-refractivity contribution in [2.45, 2.75) is 37.3 Å². The zero-order valence-corrected chi connectivity index (χ0v) is 12.6. The van der Waals surface area contributed by atoms with Crippen LogP contribution >= 0.6 is 11.8 Å². The maximum absolute atomic E-state index is 4.66. The molecule has 0 aliphatic carbocycles. The quantitative estimate of drug-likeness (QED) is 0.832. The number of nitrogens with zero attached hydrogens (tertiary/aromatic N) is 2. The molecule has 0 unspecified atom stereocenters. The van der Waals surface area contributed by atoms with Gasteiger partial charge in [0, 0.05) is 42.0 Å². The average Bonchev–Trinajstić information content (AvgIpc) is 2.28. The number of pyridine rings is 1. The molecule has 0 radical (unpaired) electrons. The first-order chi connectivity index (χ1) is 8.46. The minimum Gasteiger partial charge on any atom is -0.354 e. The summed E-state index contributed by atoms with van der Waals surface area (Å²) in [6.07, 6.45) is 2.01. The van der Waals surface area contributed by atoms with Crippen LogP contribution in [0.15, 0.2) is 17.2 Å².